The highest BCUT2D eigenvalue weighted by Gasteiger charge is 2.35. The van der Waals surface area contributed by atoms with Crippen LogP contribution in [0.2, 0.25) is 5.02 Å². The molecule has 0 fully saturated rings. The third-order valence-corrected chi connectivity index (χ3v) is 4.49. The van der Waals surface area contributed by atoms with Crippen molar-refractivity contribution < 1.29 is 17.9 Å². The second-order valence-corrected chi connectivity index (χ2v) is 6.98. The maximum absolute atomic E-state index is 13.5. The normalized spacial score (nSPS) is 12.3. The molecule has 3 rings (SSSR count). The van der Waals surface area contributed by atoms with Crippen molar-refractivity contribution in [2.45, 2.75) is 32.5 Å². The highest BCUT2D eigenvalue weighted by Crippen LogP contribution is 2.37. The first-order valence-electron chi connectivity index (χ1n) is 9.25. The molecule has 0 radical (unpaired) electrons. The van der Waals surface area contributed by atoms with E-state index in [9.17, 15) is 13.2 Å². The molecule has 30 heavy (non-hydrogen) atoms. The van der Waals surface area contributed by atoms with Gasteiger partial charge in [-0.05, 0) is 49.7 Å². The van der Waals surface area contributed by atoms with Crippen molar-refractivity contribution in [3.8, 4) is 5.75 Å². The van der Waals surface area contributed by atoms with Gasteiger partial charge in [-0.25, -0.2) is 4.98 Å². The largest absolute Gasteiger partial charge is 0.489 e. The number of rotatable bonds is 7. The van der Waals surface area contributed by atoms with Crippen LogP contribution in [0.5, 0.6) is 5.75 Å². The van der Waals surface area contributed by atoms with E-state index in [2.05, 4.69) is 20.6 Å². The number of nitrogens with one attached hydrogen (secondary N) is 2. The minimum atomic E-state index is -4.63. The monoisotopic (exact) mass is 436 g/mol. The van der Waals surface area contributed by atoms with Crippen LogP contribution in [-0.4, -0.2) is 16.1 Å². The number of alkyl halides is 3. The van der Waals surface area contributed by atoms with Crippen molar-refractivity contribution in [2.75, 3.05) is 10.6 Å². The van der Waals surface area contributed by atoms with E-state index < -0.39 is 11.7 Å². The van der Waals surface area contributed by atoms with Gasteiger partial charge < -0.3 is 15.4 Å². The highest BCUT2D eigenvalue weighted by atomic mass is 35.5. The van der Waals surface area contributed by atoms with Crippen LogP contribution in [0.4, 0.5) is 36.3 Å². The minimum absolute atomic E-state index is 0.00754. The van der Waals surface area contributed by atoms with E-state index in [0.29, 0.717) is 22.1 Å². The quantitative estimate of drug-likeness (QED) is 0.426. The average Bonchev–Trinajstić information content (AvgIpc) is 2.70. The lowest BCUT2D eigenvalue weighted by Crippen LogP contribution is -2.14. The Labute approximate surface area is 177 Å². The second kappa shape index (κ2) is 9.21. The van der Waals surface area contributed by atoms with Crippen LogP contribution >= 0.6 is 11.6 Å². The summed E-state index contributed by atoms with van der Waals surface area (Å²) < 4.78 is 46.4. The first-order valence-corrected chi connectivity index (χ1v) is 9.63. The van der Waals surface area contributed by atoms with E-state index in [1.54, 1.807) is 48.5 Å². The van der Waals surface area contributed by atoms with Crippen LogP contribution in [0.1, 0.15) is 25.8 Å². The molecule has 0 aliphatic heterocycles. The predicted molar refractivity (Wildman–Crippen MR) is 112 cm³/mol. The Kier molecular flexibility index (Phi) is 6.66. The van der Waals surface area contributed by atoms with E-state index in [-0.39, 0.29) is 17.9 Å². The van der Waals surface area contributed by atoms with Gasteiger partial charge in [0.1, 0.15) is 17.1 Å². The SMILES string of the molecule is CCC(C)Oc1ccccc1Nc1nc(Nc2ccc(Cl)cc2)ncc1C(F)(F)F. The minimum Gasteiger partial charge on any atom is -0.489 e. The molecule has 0 aliphatic rings. The molecule has 5 nitrogen and oxygen atoms in total. The molecule has 0 amide bonds. The smallest absolute Gasteiger partial charge is 0.421 e. The molecule has 0 bridgehead atoms. The third kappa shape index (κ3) is 5.54. The van der Waals surface area contributed by atoms with Crippen LogP contribution < -0.4 is 15.4 Å². The Morgan fingerprint density at radius 3 is 2.43 bits per heavy atom. The zero-order chi connectivity index (χ0) is 21.7. The molecule has 0 aliphatic carbocycles. The van der Waals surface area contributed by atoms with Gasteiger partial charge in [-0.2, -0.15) is 18.2 Å². The fraction of sp³-hybridized carbons (Fsp3) is 0.238. The van der Waals surface area contributed by atoms with Crippen molar-refractivity contribution in [1.82, 2.24) is 9.97 Å². The third-order valence-electron chi connectivity index (χ3n) is 4.24. The fourth-order valence-corrected chi connectivity index (χ4v) is 2.63. The summed E-state index contributed by atoms with van der Waals surface area (Å²) >= 11 is 5.86. The van der Waals surface area contributed by atoms with Crippen LogP contribution in [0.15, 0.2) is 54.7 Å². The van der Waals surface area contributed by atoms with Gasteiger partial charge >= 0.3 is 6.18 Å². The number of benzene rings is 2. The number of halogens is 4. The summed E-state index contributed by atoms with van der Waals surface area (Å²) in [5, 5.41) is 6.16. The number of aromatic nitrogens is 2. The van der Waals surface area contributed by atoms with Gasteiger partial charge in [-0.15, -0.1) is 0 Å². The number of nitrogens with zero attached hydrogens (tertiary/aromatic N) is 2. The summed E-state index contributed by atoms with van der Waals surface area (Å²) in [6.07, 6.45) is -3.23. The molecule has 1 atom stereocenters. The molecule has 158 valence electrons. The summed E-state index contributed by atoms with van der Waals surface area (Å²) in [6, 6.07) is 13.4. The Balaban J connectivity index is 1.95. The molecule has 2 N–H and O–H groups in total. The van der Waals surface area contributed by atoms with Gasteiger partial charge in [0, 0.05) is 16.9 Å². The number of hydrogen-bond acceptors (Lipinski definition) is 5. The second-order valence-electron chi connectivity index (χ2n) is 6.54. The maximum Gasteiger partial charge on any atom is 0.421 e. The standard InChI is InChI=1S/C21H20ClF3N4O/c1-3-13(2)30-18-7-5-4-6-17(18)28-19-16(21(23,24)25)12-26-20(29-19)27-15-10-8-14(22)9-11-15/h4-13H,3H2,1-2H3,(H2,26,27,28,29). The number of anilines is 4. The Morgan fingerprint density at radius 1 is 1.07 bits per heavy atom. The van der Waals surface area contributed by atoms with Gasteiger partial charge in [0.15, 0.2) is 0 Å². The zero-order valence-corrected chi connectivity index (χ0v) is 17.1. The Hall–Kier alpha value is -3.00. The van der Waals surface area contributed by atoms with E-state index in [1.807, 2.05) is 13.8 Å². The molecule has 1 unspecified atom stereocenters. The first-order chi connectivity index (χ1) is 14.3. The molecule has 0 saturated heterocycles. The van der Waals surface area contributed by atoms with Crippen molar-refractivity contribution in [2.24, 2.45) is 0 Å². The number of para-hydroxylation sites is 2. The van der Waals surface area contributed by atoms with Crippen LogP contribution in [0, 0.1) is 0 Å². The Morgan fingerprint density at radius 2 is 1.77 bits per heavy atom. The van der Waals surface area contributed by atoms with Crippen LogP contribution in [0.3, 0.4) is 0 Å². The molecule has 9 heteroatoms. The molecular formula is C21H20ClF3N4O. The molecule has 2 aromatic carbocycles. The fourth-order valence-electron chi connectivity index (χ4n) is 2.51. The molecule has 1 aromatic heterocycles. The lowest BCUT2D eigenvalue weighted by Gasteiger charge is -2.19. The lowest BCUT2D eigenvalue weighted by atomic mass is 10.2. The molecule has 3 aromatic rings. The van der Waals surface area contributed by atoms with Crippen molar-refractivity contribution >= 4 is 34.7 Å². The molecule has 0 saturated carbocycles. The molecular weight excluding hydrogens is 417 g/mol. The lowest BCUT2D eigenvalue weighted by molar-refractivity contribution is -0.137. The van der Waals surface area contributed by atoms with Gasteiger partial charge in [-0.3, -0.25) is 0 Å². The average molecular weight is 437 g/mol. The summed E-state index contributed by atoms with van der Waals surface area (Å²) in [7, 11) is 0. The van der Waals surface area contributed by atoms with Gasteiger partial charge in [-0.1, -0.05) is 30.7 Å². The van der Waals surface area contributed by atoms with Crippen LogP contribution in [-0.2, 0) is 6.18 Å². The molecule has 1 heterocycles. The zero-order valence-electron chi connectivity index (χ0n) is 16.3. The molecule has 0 spiro atoms. The van der Waals surface area contributed by atoms with Crippen LogP contribution in [0.25, 0.3) is 0 Å². The Bertz CT molecular complexity index is 996. The summed E-state index contributed by atoms with van der Waals surface area (Å²) in [5.74, 6) is 0.0631. The van der Waals surface area contributed by atoms with Gasteiger partial charge in [0.05, 0.1) is 11.8 Å². The van der Waals surface area contributed by atoms with E-state index >= 15 is 0 Å². The van der Waals surface area contributed by atoms with Crippen molar-refractivity contribution in [1.29, 1.82) is 0 Å². The maximum atomic E-state index is 13.5. The van der Waals surface area contributed by atoms with E-state index in [0.717, 1.165) is 12.6 Å². The summed E-state index contributed by atoms with van der Waals surface area (Å²) in [5.41, 5.74) is -0.0208. The van der Waals surface area contributed by atoms with Crippen molar-refractivity contribution in [3.05, 3.63) is 65.3 Å². The van der Waals surface area contributed by atoms with Gasteiger partial charge in [0.25, 0.3) is 0 Å². The number of ether oxygens (including phenoxy) is 1. The van der Waals surface area contributed by atoms with Gasteiger partial charge in [0.2, 0.25) is 5.95 Å². The highest BCUT2D eigenvalue weighted by molar-refractivity contribution is 6.30. The number of hydrogen-bond donors (Lipinski definition) is 2. The van der Waals surface area contributed by atoms with Crippen molar-refractivity contribution in [3.63, 3.8) is 0 Å². The predicted octanol–water partition coefficient (Wildman–Crippen LogP) is 6.81. The first kappa shape index (κ1) is 21.7. The summed E-state index contributed by atoms with van der Waals surface area (Å²) in [6.45, 7) is 3.85. The van der Waals surface area contributed by atoms with E-state index in [1.165, 1.54) is 0 Å². The summed E-state index contributed by atoms with van der Waals surface area (Å²) in [4.78, 5) is 7.85. The topological polar surface area (TPSA) is 59.1 Å². The van der Waals surface area contributed by atoms with E-state index in [4.69, 9.17) is 16.3 Å².